The van der Waals surface area contributed by atoms with Crippen LogP contribution in [-0.2, 0) is 9.53 Å². The summed E-state index contributed by atoms with van der Waals surface area (Å²) >= 11 is 0. The molecule has 2 aromatic heterocycles. The van der Waals surface area contributed by atoms with Crippen molar-refractivity contribution in [2.45, 2.75) is 0 Å². The minimum Gasteiger partial charge on any atom is -0.383 e. The highest BCUT2D eigenvalue weighted by molar-refractivity contribution is 5.87. The number of nitrogens with one attached hydrogen (secondary N) is 1. The van der Waals surface area contributed by atoms with Gasteiger partial charge in [0.15, 0.2) is 5.65 Å². The highest BCUT2D eigenvalue weighted by Crippen LogP contribution is 2.26. The summed E-state index contributed by atoms with van der Waals surface area (Å²) in [4.78, 5) is 25.0. The van der Waals surface area contributed by atoms with Gasteiger partial charge >= 0.3 is 0 Å². The van der Waals surface area contributed by atoms with Gasteiger partial charge in [-0.15, -0.1) is 0 Å². The third-order valence-electron chi connectivity index (χ3n) is 5.09. The molecule has 0 atom stereocenters. The van der Waals surface area contributed by atoms with Crippen molar-refractivity contribution >= 4 is 22.8 Å². The lowest BCUT2D eigenvalue weighted by Gasteiger charge is -2.35. The van der Waals surface area contributed by atoms with Gasteiger partial charge in [0.2, 0.25) is 5.91 Å². The van der Waals surface area contributed by atoms with Gasteiger partial charge in [-0.25, -0.2) is 19.0 Å². The maximum Gasteiger partial charge on any atom is 0.234 e. The van der Waals surface area contributed by atoms with Gasteiger partial charge in [0.25, 0.3) is 0 Å². The Hall–Kier alpha value is -3.11. The maximum atomic E-state index is 14.2. The predicted molar refractivity (Wildman–Crippen MR) is 110 cm³/mol. The Kier molecular flexibility index (Phi) is 6.15. The summed E-state index contributed by atoms with van der Waals surface area (Å²) in [5.41, 5.74) is 0.909. The van der Waals surface area contributed by atoms with E-state index in [-0.39, 0.29) is 11.7 Å². The SMILES string of the molecule is COCCNC(=O)CN1CCN(c2ncnc3c2cnn3-c2ccccc2F)CC1. The zero-order valence-electron chi connectivity index (χ0n) is 16.8. The first-order chi connectivity index (χ1) is 14.7. The van der Waals surface area contributed by atoms with Crippen molar-refractivity contribution in [2.75, 3.05) is 57.9 Å². The largest absolute Gasteiger partial charge is 0.383 e. The monoisotopic (exact) mass is 413 g/mol. The molecule has 0 radical (unpaired) electrons. The van der Waals surface area contributed by atoms with Crippen molar-refractivity contribution in [3.8, 4) is 5.69 Å². The van der Waals surface area contributed by atoms with Crippen molar-refractivity contribution in [2.24, 2.45) is 0 Å². The third-order valence-corrected chi connectivity index (χ3v) is 5.09. The Balaban J connectivity index is 1.45. The molecule has 1 N–H and O–H groups in total. The highest BCUT2D eigenvalue weighted by atomic mass is 19.1. The molecule has 1 aliphatic heterocycles. The third kappa shape index (κ3) is 4.24. The molecule has 0 saturated carbocycles. The number of hydrogen-bond acceptors (Lipinski definition) is 7. The Morgan fingerprint density at radius 3 is 2.77 bits per heavy atom. The summed E-state index contributed by atoms with van der Waals surface area (Å²) in [5, 5.41) is 7.95. The van der Waals surface area contributed by atoms with E-state index in [1.807, 2.05) is 0 Å². The molecular weight excluding hydrogens is 389 g/mol. The molecule has 0 bridgehead atoms. The van der Waals surface area contributed by atoms with Crippen LogP contribution in [0, 0.1) is 5.82 Å². The summed E-state index contributed by atoms with van der Waals surface area (Å²) in [6.07, 6.45) is 3.15. The number of benzene rings is 1. The molecule has 1 fully saturated rings. The molecule has 0 unspecified atom stereocenters. The van der Waals surface area contributed by atoms with E-state index in [4.69, 9.17) is 4.74 Å². The summed E-state index contributed by atoms with van der Waals surface area (Å²) in [7, 11) is 1.61. The quantitative estimate of drug-likeness (QED) is 0.574. The number of fused-ring (bicyclic) bond motifs is 1. The lowest BCUT2D eigenvalue weighted by Crippen LogP contribution is -2.50. The Bertz CT molecular complexity index is 1020. The molecule has 30 heavy (non-hydrogen) atoms. The number of hydrogen-bond donors (Lipinski definition) is 1. The summed E-state index contributed by atoms with van der Waals surface area (Å²) < 4.78 is 20.7. The minimum atomic E-state index is -0.361. The van der Waals surface area contributed by atoms with Gasteiger partial charge < -0.3 is 15.0 Å². The number of piperazine rings is 1. The molecule has 3 aromatic rings. The molecule has 0 spiro atoms. The molecular formula is C20H24FN7O2. The molecule has 1 aliphatic rings. The zero-order chi connectivity index (χ0) is 20.9. The van der Waals surface area contributed by atoms with Crippen molar-refractivity contribution < 1.29 is 13.9 Å². The standard InChI is InChI=1S/C20H24FN7O2/c1-30-11-6-22-18(29)13-26-7-9-27(10-8-26)19-15-12-25-28(20(15)24-14-23-19)17-5-3-2-4-16(17)21/h2-5,12,14H,6-11,13H2,1H3,(H,22,29). The maximum absolute atomic E-state index is 14.2. The molecule has 1 amide bonds. The van der Waals surface area contributed by atoms with Crippen LogP contribution >= 0.6 is 0 Å². The Labute approximate surface area is 173 Å². The number of methoxy groups -OCH3 is 1. The van der Waals surface area contributed by atoms with Crippen LogP contribution in [0.3, 0.4) is 0 Å². The van der Waals surface area contributed by atoms with E-state index in [1.165, 1.54) is 17.1 Å². The van der Waals surface area contributed by atoms with Crippen LogP contribution < -0.4 is 10.2 Å². The van der Waals surface area contributed by atoms with E-state index >= 15 is 0 Å². The minimum absolute atomic E-state index is 0.00362. The average Bonchev–Trinajstić information content (AvgIpc) is 3.19. The first-order valence-electron chi connectivity index (χ1n) is 9.84. The second kappa shape index (κ2) is 9.14. The highest BCUT2D eigenvalue weighted by Gasteiger charge is 2.23. The van der Waals surface area contributed by atoms with Gasteiger partial charge in [-0.3, -0.25) is 9.69 Å². The smallest absolute Gasteiger partial charge is 0.234 e. The zero-order valence-corrected chi connectivity index (χ0v) is 16.8. The molecule has 3 heterocycles. The number of nitrogens with zero attached hydrogens (tertiary/aromatic N) is 6. The number of halogens is 1. The second-order valence-electron chi connectivity index (χ2n) is 7.05. The number of carbonyl (C=O) groups is 1. The van der Waals surface area contributed by atoms with E-state index in [0.717, 1.165) is 37.4 Å². The van der Waals surface area contributed by atoms with Crippen molar-refractivity contribution in [3.63, 3.8) is 0 Å². The van der Waals surface area contributed by atoms with Crippen LogP contribution in [0.15, 0.2) is 36.8 Å². The van der Waals surface area contributed by atoms with Gasteiger partial charge in [-0.1, -0.05) is 12.1 Å². The number of anilines is 1. The lowest BCUT2D eigenvalue weighted by molar-refractivity contribution is -0.122. The topological polar surface area (TPSA) is 88.4 Å². The fourth-order valence-electron chi connectivity index (χ4n) is 3.55. The van der Waals surface area contributed by atoms with E-state index in [2.05, 4.69) is 30.2 Å². The van der Waals surface area contributed by atoms with Crippen LogP contribution in [0.5, 0.6) is 0 Å². The fourth-order valence-corrected chi connectivity index (χ4v) is 3.55. The summed E-state index contributed by atoms with van der Waals surface area (Å²) in [5.74, 6) is 0.405. The van der Waals surface area contributed by atoms with Gasteiger partial charge in [-0.05, 0) is 12.1 Å². The van der Waals surface area contributed by atoms with E-state index in [0.29, 0.717) is 31.0 Å². The van der Waals surface area contributed by atoms with Crippen molar-refractivity contribution in [1.29, 1.82) is 0 Å². The Morgan fingerprint density at radius 1 is 1.20 bits per heavy atom. The first-order valence-corrected chi connectivity index (χ1v) is 9.84. The van der Waals surface area contributed by atoms with Gasteiger partial charge in [0.05, 0.1) is 24.7 Å². The number of ether oxygens (including phenoxy) is 1. The van der Waals surface area contributed by atoms with Crippen LogP contribution in [0.4, 0.5) is 10.2 Å². The summed E-state index contributed by atoms with van der Waals surface area (Å²) in [6.45, 7) is 4.31. The van der Waals surface area contributed by atoms with E-state index < -0.39 is 0 Å². The molecule has 158 valence electrons. The molecule has 1 saturated heterocycles. The van der Waals surface area contributed by atoms with Crippen molar-refractivity contribution in [3.05, 3.63) is 42.6 Å². The van der Waals surface area contributed by atoms with Gasteiger partial charge in [-0.2, -0.15) is 5.10 Å². The van der Waals surface area contributed by atoms with E-state index in [1.54, 1.807) is 31.5 Å². The first kappa shape index (κ1) is 20.2. The van der Waals surface area contributed by atoms with Gasteiger partial charge in [0.1, 0.15) is 23.6 Å². The molecule has 0 aliphatic carbocycles. The number of para-hydroxylation sites is 1. The number of carbonyl (C=O) groups excluding carboxylic acids is 1. The number of amides is 1. The number of rotatable bonds is 7. The molecule has 10 heteroatoms. The normalized spacial score (nSPS) is 14.9. The van der Waals surface area contributed by atoms with Gasteiger partial charge in [0, 0.05) is 39.8 Å². The lowest BCUT2D eigenvalue weighted by atomic mass is 10.2. The second-order valence-corrected chi connectivity index (χ2v) is 7.05. The number of aromatic nitrogens is 4. The molecule has 1 aromatic carbocycles. The van der Waals surface area contributed by atoms with E-state index in [9.17, 15) is 9.18 Å². The predicted octanol–water partition coefficient (Wildman–Crippen LogP) is 0.839. The Morgan fingerprint density at radius 2 is 2.00 bits per heavy atom. The summed E-state index contributed by atoms with van der Waals surface area (Å²) in [6, 6.07) is 6.47. The van der Waals surface area contributed by atoms with Crippen LogP contribution in [0.25, 0.3) is 16.7 Å². The van der Waals surface area contributed by atoms with Crippen LogP contribution in [0.2, 0.25) is 0 Å². The van der Waals surface area contributed by atoms with Crippen LogP contribution in [-0.4, -0.2) is 83.5 Å². The van der Waals surface area contributed by atoms with Crippen molar-refractivity contribution in [1.82, 2.24) is 30.0 Å². The molecule has 4 rings (SSSR count). The fraction of sp³-hybridized carbons (Fsp3) is 0.400. The van der Waals surface area contributed by atoms with Crippen LogP contribution in [0.1, 0.15) is 0 Å². The molecule has 9 nitrogen and oxygen atoms in total. The average molecular weight is 413 g/mol.